The fourth-order valence-corrected chi connectivity index (χ4v) is 3.15. The lowest BCUT2D eigenvalue weighted by molar-refractivity contribution is 0.225. The summed E-state index contributed by atoms with van der Waals surface area (Å²) in [6.45, 7) is 9.90. The van der Waals surface area contributed by atoms with Gasteiger partial charge in [-0.1, -0.05) is 15.9 Å². The van der Waals surface area contributed by atoms with E-state index in [1.54, 1.807) is 7.11 Å². The number of methoxy groups -OCH3 is 1. The molecule has 3 nitrogen and oxygen atoms in total. The number of hydrogen-bond donors (Lipinski definition) is 1. The lowest BCUT2D eigenvalue weighted by Crippen LogP contribution is -2.45. The van der Waals surface area contributed by atoms with E-state index >= 15 is 0 Å². The number of benzene rings is 1. The predicted octanol–water partition coefficient (Wildman–Crippen LogP) is 3.81. The summed E-state index contributed by atoms with van der Waals surface area (Å²) >= 11 is 3.66. The first kappa shape index (κ1) is 16.8. The highest BCUT2D eigenvalue weighted by Gasteiger charge is 2.26. The molecule has 4 heteroatoms. The molecule has 1 fully saturated rings. The van der Waals surface area contributed by atoms with E-state index in [-0.39, 0.29) is 5.54 Å². The lowest BCUT2D eigenvalue weighted by Gasteiger charge is -2.29. The summed E-state index contributed by atoms with van der Waals surface area (Å²) < 4.78 is 6.51. The molecule has 0 amide bonds. The monoisotopic (exact) mass is 354 g/mol. The molecular formula is C17H27BrN2O. The van der Waals surface area contributed by atoms with E-state index in [1.165, 1.54) is 24.9 Å². The molecule has 21 heavy (non-hydrogen) atoms. The van der Waals surface area contributed by atoms with Gasteiger partial charge in [0.1, 0.15) is 5.75 Å². The van der Waals surface area contributed by atoms with Gasteiger partial charge in [0.2, 0.25) is 0 Å². The summed E-state index contributed by atoms with van der Waals surface area (Å²) in [5.74, 6) is 0.928. The highest BCUT2D eigenvalue weighted by Crippen LogP contribution is 2.27. The van der Waals surface area contributed by atoms with Gasteiger partial charge in [-0.25, -0.2) is 0 Å². The SMILES string of the molecule is COc1ccc(Br)c(CN2CCCC2CNC(C)(C)C)c1. The van der Waals surface area contributed by atoms with E-state index in [0.717, 1.165) is 23.3 Å². The van der Waals surface area contributed by atoms with Crippen LogP contribution in [0.15, 0.2) is 22.7 Å². The number of rotatable bonds is 5. The summed E-state index contributed by atoms with van der Waals surface area (Å²) in [5, 5.41) is 3.64. The van der Waals surface area contributed by atoms with Gasteiger partial charge in [0.05, 0.1) is 7.11 Å². The maximum absolute atomic E-state index is 5.34. The van der Waals surface area contributed by atoms with Gasteiger partial charge in [-0.15, -0.1) is 0 Å². The van der Waals surface area contributed by atoms with Crippen LogP contribution in [0.2, 0.25) is 0 Å². The first-order chi connectivity index (χ1) is 9.89. The van der Waals surface area contributed by atoms with E-state index in [4.69, 9.17) is 4.74 Å². The molecule has 1 heterocycles. The van der Waals surface area contributed by atoms with Crippen LogP contribution in [-0.2, 0) is 6.54 Å². The van der Waals surface area contributed by atoms with Gasteiger partial charge in [0.15, 0.2) is 0 Å². The quantitative estimate of drug-likeness (QED) is 0.869. The van der Waals surface area contributed by atoms with E-state index in [1.807, 2.05) is 6.07 Å². The number of likely N-dealkylation sites (tertiary alicyclic amines) is 1. The second-order valence-electron chi connectivity index (χ2n) is 6.85. The Kier molecular flexibility index (Phi) is 5.69. The summed E-state index contributed by atoms with van der Waals surface area (Å²) in [6, 6.07) is 6.83. The van der Waals surface area contributed by atoms with Gasteiger partial charge in [-0.05, 0) is 63.9 Å². The van der Waals surface area contributed by atoms with Crippen LogP contribution >= 0.6 is 15.9 Å². The molecule has 0 radical (unpaired) electrons. The molecule has 0 aromatic heterocycles. The molecule has 0 aliphatic carbocycles. The minimum Gasteiger partial charge on any atom is -0.497 e. The molecule has 0 spiro atoms. The number of nitrogens with zero attached hydrogens (tertiary/aromatic N) is 1. The molecule has 1 aromatic carbocycles. The Bertz CT molecular complexity index is 470. The molecule has 0 saturated carbocycles. The zero-order valence-electron chi connectivity index (χ0n) is 13.6. The summed E-state index contributed by atoms with van der Waals surface area (Å²) in [5.41, 5.74) is 1.49. The van der Waals surface area contributed by atoms with Crippen LogP contribution in [0.3, 0.4) is 0 Å². The van der Waals surface area contributed by atoms with E-state index in [0.29, 0.717) is 6.04 Å². The fourth-order valence-electron chi connectivity index (χ4n) is 2.78. The third-order valence-corrected chi connectivity index (χ3v) is 4.77. The Morgan fingerprint density at radius 2 is 2.14 bits per heavy atom. The van der Waals surface area contributed by atoms with Crippen molar-refractivity contribution in [3.63, 3.8) is 0 Å². The van der Waals surface area contributed by atoms with E-state index in [2.05, 4.69) is 59.1 Å². The number of ether oxygens (including phenoxy) is 1. The molecule has 1 saturated heterocycles. The van der Waals surface area contributed by atoms with Crippen LogP contribution in [0.4, 0.5) is 0 Å². The number of hydrogen-bond acceptors (Lipinski definition) is 3. The zero-order valence-corrected chi connectivity index (χ0v) is 15.2. The second kappa shape index (κ2) is 7.12. The van der Waals surface area contributed by atoms with Crippen molar-refractivity contribution in [1.29, 1.82) is 0 Å². The van der Waals surface area contributed by atoms with Crippen LogP contribution in [0.5, 0.6) is 5.75 Å². The normalized spacial score (nSPS) is 20.0. The van der Waals surface area contributed by atoms with E-state index < -0.39 is 0 Å². The van der Waals surface area contributed by atoms with Crippen molar-refractivity contribution in [2.75, 3.05) is 20.2 Å². The van der Waals surface area contributed by atoms with Crippen molar-refractivity contribution >= 4 is 15.9 Å². The van der Waals surface area contributed by atoms with Crippen molar-refractivity contribution in [2.45, 2.75) is 51.7 Å². The summed E-state index contributed by atoms with van der Waals surface area (Å²) in [6.07, 6.45) is 2.57. The first-order valence-corrected chi connectivity index (χ1v) is 8.50. The molecule has 2 rings (SSSR count). The molecule has 1 atom stereocenters. The largest absolute Gasteiger partial charge is 0.497 e. The lowest BCUT2D eigenvalue weighted by atomic mass is 10.1. The van der Waals surface area contributed by atoms with E-state index in [9.17, 15) is 0 Å². The second-order valence-corrected chi connectivity index (χ2v) is 7.71. The van der Waals surface area contributed by atoms with Crippen LogP contribution in [0.25, 0.3) is 0 Å². The Morgan fingerprint density at radius 3 is 2.81 bits per heavy atom. The summed E-state index contributed by atoms with van der Waals surface area (Å²) in [4.78, 5) is 2.58. The molecule has 118 valence electrons. The van der Waals surface area contributed by atoms with Crippen molar-refractivity contribution in [1.82, 2.24) is 10.2 Å². The molecule has 1 aromatic rings. The minimum absolute atomic E-state index is 0.185. The Morgan fingerprint density at radius 1 is 1.38 bits per heavy atom. The van der Waals surface area contributed by atoms with Crippen molar-refractivity contribution < 1.29 is 4.74 Å². The van der Waals surface area contributed by atoms with Gasteiger partial charge >= 0.3 is 0 Å². The van der Waals surface area contributed by atoms with Gasteiger partial charge < -0.3 is 10.1 Å². The minimum atomic E-state index is 0.185. The van der Waals surface area contributed by atoms with Gasteiger partial charge in [0.25, 0.3) is 0 Å². The molecule has 1 aliphatic rings. The topological polar surface area (TPSA) is 24.5 Å². The first-order valence-electron chi connectivity index (χ1n) is 7.70. The molecule has 1 aliphatic heterocycles. The maximum atomic E-state index is 5.34. The number of nitrogens with one attached hydrogen (secondary N) is 1. The van der Waals surface area contributed by atoms with Crippen molar-refractivity contribution in [3.05, 3.63) is 28.2 Å². The predicted molar refractivity (Wildman–Crippen MR) is 91.9 cm³/mol. The molecule has 0 bridgehead atoms. The highest BCUT2D eigenvalue weighted by molar-refractivity contribution is 9.10. The fraction of sp³-hybridized carbons (Fsp3) is 0.647. The van der Waals surface area contributed by atoms with Gasteiger partial charge in [0, 0.05) is 29.1 Å². The number of halogens is 1. The van der Waals surface area contributed by atoms with Gasteiger partial charge in [-0.2, -0.15) is 0 Å². The average molecular weight is 355 g/mol. The third kappa shape index (κ3) is 4.97. The maximum Gasteiger partial charge on any atom is 0.119 e. The molecule has 1 unspecified atom stereocenters. The van der Waals surface area contributed by atoms with Crippen LogP contribution in [0, 0.1) is 0 Å². The standard InChI is InChI=1S/C17H27BrN2O/c1-17(2,3)19-11-14-6-5-9-20(14)12-13-10-15(21-4)7-8-16(13)18/h7-8,10,14,19H,5-6,9,11-12H2,1-4H3. The highest BCUT2D eigenvalue weighted by atomic mass is 79.9. The van der Waals surface area contributed by atoms with Crippen molar-refractivity contribution in [2.24, 2.45) is 0 Å². The third-order valence-electron chi connectivity index (χ3n) is 3.99. The Labute approximate surface area is 137 Å². The Hall–Kier alpha value is -0.580. The smallest absolute Gasteiger partial charge is 0.119 e. The average Bonchev–Trinajstić information content (AvgIpc) is 2.85. The summed E-state index contributed by atoms with van der Waals surface area (Å²) in [7, 11) is 1.72. The van der Waals surface area contributed by atoms with Crippen molar-refractivity contribution in [3.8, 4) is 5.75 Å². The van der Waals surface area contributed by atoms with Gasteiger partial charge in [-0.3, -0.25) is 4.90 Å². The zero-order chi connectivity index (χ0) is 15.5. The van der Waals surface area contributed by atoms with Crippen LogP contribution in [0.1, 0.15) is 39.2 Å². The Balaban J connectivity index is 2.01. The molecule has 1 N–H and O–H groups in total. The molecular weight excluding hydrogens is 328 g/mol. The van der Waals surface area contributed by atoms with Crippen LogP contribution in [-0.4, -0.2) is 36.7 Å². The van der Waals surface area contributed by atoms with Crippen LogP contribution < -0.4 is 10.1 Å².